The van der Waals surface area contributed by atoms with Crippen LogP contribution in [0.3, 0.4) is 0 Å². The van der Waals surface area contributed by atoms with Crippen molar-refractivity contribution in [1.29, 1.82) is 0 Å². The lowest BCUT2D eigenvalue weighted by Crippen LogP contribution is -2.49. The largest absolute Gasteiger partial charge is 0.481 e. The van der Waals surface area contributed by atoms with Gasteiger partial charge in [0.05, 0.1) is 31.2 Å². The van der Waals surface area contributed by atoms with Gasteiger partial charge in [0, 0.05) is 37.7 Å². The number of carbonyl (C=O) groups excluding carboxylic acids is 5. The summed E-state index contributed by atoms with van der Waals surface area (Å²) in [6.07, 6.45) is -1.50. The lowest BCUT2D eigenvalue weighted by molar-refractivity contribution is -0.145. The zero-order chi connectivity index (χ0) is 43.1. The summed E-state index contributed by atoms with van der Waals surface area (Å²) in [4.78, 5) is 119. The zero-order valence-electron chi connectivity index (χ0n) is 31.2. The summed E-state index contributed by atoms with van der Waals surface area (Å²) in [7, 11) is 0. The van der Waals surface area contributed by atoms with E-state index in [1.165, 1.54) is 0 Å². The summed E-state index contributed by atoms with van der Waals surface area (Å²) in [6.45, 7) is 2.05. The molecular weight excluding hydrogens is 776 g/mol. The van der Waals surface area contributed by atoms with Crippen molar-refractivity contribution in [2.45, 2.75) is 102 Å². The zero-order valence-corrected chi connectivity index (χ0v) is 32.0. The van der Waals surface area contributed by atoms with Crippen LogP contribution in [0.4, 0.5) is 9.59 Å². The number of urea groups is 2. The number of Topliss-reactive ketones (excluding diaryl/α,β-unsaturated/α-hetero) is 1. The molecule has 0 saturated carbocycles. The van der Waals surface area contributed by atoms with Crippen molar-refractivity contribution >= 4 is 72.1 Å². The molecule has 0 spiro atoms. The number of carboxylic acids is 5. The molecule has 1 rings (SSSR count). The van der Waals surface area contributed by atoms with Gasteiger partial charge in [0.1, 0.15) is 12.1 Å². The van der Waals surface area contributed by atoms with Crippen molar-refractivity contribution < 1.29 is 73.5 Å². The summed E-state index contributed by atoms with van der Waals surface area (Å²) in [5, 5.41) is 60.6. The molecule has 0 saturated heterocycles. The van der Waals surface area contributed by atoms with Crippen LogP contribution in [0.2, 0.25) is 0 Å². The Balaban J connectivity index is 2.61. The maximum absolute atomic E-state index is 13.0. The van der Waals surface area contributed by atoms with Gasteiger partial charge in [-0.15, -0.1) is 0 Å². The molecule has 11 N–H and O–H groups in total. The minimum absolute atomic E-state index is 0.0817. The molecule has 22 heteroatoms. The van der Waals surface area contributed by atoms with Crippen molar-refractivity contribution in [3.05, 3.63) is 35.4 Å². The summed E-state index contributed by atoms with van der Waals surface area (Å²) in [5.74, 6) is -11.3. The van der Waals surface area contributed by atoms with Crippen LogP contribution in [0.15, 0.2) is 24.3 Å². The fraction of sp³-hybridized carbons (Fsp3) is 0.543. The van der Waals surface area contributed by atoms with Gasteiger partial charge in [-0.2, -0.15) is 12.6 Å². The molecule has 57 heavy (non-hydrogen) atoms. The van der Waals surface area contributed by atoms with Crippen LogP contribution in [0.5, 0.6) is 0 Å². The van der Waals surface area contributed by atoms with E-state index in [0.717, 1.165) is 0 Å². The summed E-state index contributed by atoms with van der Waals surface area (Å²) in [5.41, 5.74) is 1.09. The number of hydrogen-bond donors (Lipinski definition) is 12. The Morgan fingerprint density at radius 2 is 1.25 bits per heavy atom. The molecule has 0 aliphatic heterocycles. The molecule has 0 aliphatic carbocycles. The topological polar surface area (TPSA) is 344 Å². The molecule has 6 amide bonds. The molecular formula is C35H50N6O15S. The van der Waals surface area contributed by atoms with Gasteiger partial charge < -0.3 is 57.4 Å². The third-order valence-corrected chi connectivity index (χ3v) is 8.69. The molecule has 0 fully saturated rings. The Kier molecular flexibility index (Phi) is 22.4. The van der Waals surface area contributed by atoms with Crippen LogP contribution in [-0.2, 0) is 51.3 Å². The number of ketones is 1. The summed E-state index contributed by atoms with van der Waals surface area (Å²) in [6, 6.07) is 0.367. The first-order chi connectivity index (χ1) is 26.8. The average Bonchev–Trinajstić information content (AvgIpc) is 3.13. The van der Waals surface area contributed by atoms with E-state index in [0.29, 0.717) is 30.4 Å². The number of hydrogen-bond acceptors (Lipinski definition) is 11. The number of aliphatic carboxylic acids is 5. The molecule has 1 aromatic rings. The number of carboxylic acid groups (broad SMARTS) is 5. The van der Waals surface area contributed by atoms with Crippen molar-refractivity contribution in [1.82, 2.24) is 31.9 Å². The van der Waals surface area contributed by atoms with Gasteiger partial charge in [0.25, 0.3) is 0 Å². The number of carbonyl (C=O) groups is 10. The Labute approximate surface area is 332 Å². The molecule has 0 unspecified atom stereocenters. The predicted octanol–water partition coefficient (Wildman–Crippen LogP) is 0.103. The van der Waals surface area contributed by atoms with Gasteiger partial charge in [-0.05, 0) is 43.2 Å². The van der Waals surface area contributed by atoms with E-state index in [4.69, 9.17) is 10.2 Å². The number of thiol groups is 1. The standard InChI is InChI=1S/C35H50N6O15S/c1-2-22(10-11-28(44)45)38-35(56)41-23(32(51)52)5-3-4-12-36-34(55)37-17-20-8-6-19(7-9-20)13-27(43)39-24(16-30(48)49)26(42)14-21(15-29(46)47)31(50)40-25(18-57)33(53)54/h6-9,21-25,57H,2-5,10-18H2,1H3,(H,39,43)(H,40,50)(H,44,45)(H,46,47)(H,48,49)(H,51,52)(H,53,54)(H2,36,37,55)(H2,38,41,56)/t21-,22+,23-,24-,25-/m0/s1. The molecule has 316 valence electrons. The minimum Gasteiger partial charge on any atom is -0.481 e. The van der Waals surface area contributed by atoms with Crippen molar-refractivity contribution in [3.8, 4) is 0 Å². The smallest absolute Gasteiger partial charge is 0.327 e. The predicted molar refractivity (Wildman–Crippen MR) is 201 cm³/mol. The molecule has 0 bridgehead atoms. The first-order valence-electron chi connectivity index (χ1n) is 17.9. The van der Waals surface area contributed by atoms with E-state index < -0.39 is 109 Å². The first-order valence-corrected chi connectivity index (χ1v) is 18.5. The van der Waals surface area contributed by atoms with Gasteiger partial charge in [-0.3, -0.25) is 28.8 Å². The van der Waals surface area contributed by atoms with Gasteiger partial charge in [-0.1, -0.05) is 31.2 Å². The fourth-order valence-corrected chi connectivity index (χ4v) is 5.44. The molecule has 0 aromatic heterocycles. The van der Waals surface area contributed by atoms with Crippen LogP contribution < -0.4 is 31.9 Å². The Bertz CT molecular complexity index is 1590. The maximum atomic E-state index is 13.0. The Morgan fingerprint density at radius 3 is 1.79 bits per heavy atom. The van der Waals surface area contributed by atoms with Crippen molar-refractivity contribution in [2.75, 3.05) is 12.3 Å². The van der Waals surface area contributed by atoms with Gasteiger partial charge in [-0.25, -0.2) is 19.2 Å². The molecule has 1 aromatic carbocycles. The van der Waals surface area contributed by atoms with E-state index in [1.54, 1.807) is 31.2 Å². The molecule has 0 heterocycles. The lowest BCUT2D eigenvalue weighted by Gasteiger charge is -2.21. The summed E-state index contributed by atoms with van der Waals surface area (Å²) < 4.78 is 0. The number of rotatable bonds is 28. The summed E-state index contributed by atoms with van der Waals surface area (Å²) >= 11 is 3.82. The van der Waals surface area contributed by atoms with Gasteiger partial charge in [0.15, 0.2) is 5.78 Å². The van der Waals surface area contributed by atoms with Crippen LogP contribution in [-0.4, -0.2) is 122 Å². The molecule has 5 atom stereocenters. The first kappa shape index (κ1) is 49.1. The second-order valence-electron chi connectivity index (χ2n) is 12.9. The maximum Gasteiger partial charge on any atom is 0.327 e. The van der Waals surface area contributed by atoms with E-state index in [2.05, 4.69) is 44.5 Å². The molecule has 0 aliphatic rings. The number of unbranched alkanes of at least 4 members (excludes halogenated alkanes) is 1. The fourth-order valence-electron chi connectivity index (χ4n) is 5.19. The van der Waals surface area contributed by atoms with Crippen LogP contribution in [0.25, 0.3) is 0 Å². The Hall–Kier alpha value is -5.93. The third-order valence-electron chi connectivity index (χ3n) is 8.32. The van der Waals surface area contributed by atoms with E-state index >= 15 is 0 Å². The van der Waals surface area contributed by atoms with Gasteiger partial charge in [0.2, 0.25) is 11.8 Å². The Morgan fingerprint density at radius 1 is 0.632 bits per heavy atom. The SMILES string of the molecule is CC[C@H](CCC(=O)O)NC(=O)N[C@@H](CCCCNC(=O)NCc1ccc(CC(=O)N[C@@H](CC(=O)O)C(=O)C[C@@H](CC(=O)O)C(=O)N[C@@H](CS)C(=O)O)cc1)C(=O)O. The second-order valence-corrected chi connectivity index (χ2v) is 13.3. The van der Waals surface area contributed by atoms with E-state index in [1.807, 2.05) is 0 Å². The van der Waals surface area contributed by atoms with Crippen molar-refractivity contribution in [2.24, 2.45) is 5.92 Å². The highest BCUT2D eigenvalue weighted by Crippen LogP contribution is 2.15. The quantitative estimate of drug-likeness (QED) is 0.0394. The van der Waals surface area contributed by atoms with Gasteiger partial charge >= 0.3 is 41.9 Å². The third kappa shape index (κ3) is 21.1. The van der Waals surface area contributed by atoms with E-state index in [-0.39, 0.29) is 44.5 Å². The minimum atomic E-state index is -1.63. The van der Waals surface area contributed by atoms with Crippen molar-refractivity contribution in [3.63, 3.8) is 0 Å². The monoisotopic (exact) mass is 826 g/mol. The lowest BCUT2D eigenvalue weighted by atomic mass is 9.93. The highest BCUT2D eigenvalue weighted by atomic mass is 32.1. The van der Waals surface area contributed by atoms with Crippen LogP contribution in [0.1, 0.15) is 75.8 Å². The highest BCUT2D eigenvalue weighted by molar-refractivity contribution is 7.80. The molecule has 21 nitrogen and oxygen atoms in total. The second kappa shape index (κ2) is 26.0. The number of nitrogens with one attached hydrogen (secondary N) is 6. The van der Waals surface area contributed by atoms with E-state index in [9.17, 15) is 63.3 Å². The number of benzene rings is 1. The highest BCUT2D eigenvalue weighted by Gasteiger charge is 2.32. The normalized spacial score (nSPS) is 13.3. The van der Waals surface area contributed by atoms with Crippen LogP contribution in [0, 0.1) is 5.92 Å². The molecule has 0 radical (unpaired) electrons. The van der Waals surface area contributed by atoms with Crippen LogP contribution >= 0.6 is 12.6 Å². The average molecular weight is 827 g/mol. The number of amides is 6.